The highest BCUT2D eigenvalue weighted by Crippen LogP contribution is 2.26. The Morgan fingerprint density at radius 1 is 1.28 bits per heavy atom. The Balaban J connectivity index is 2.61. The number of nitrogens with zero attached hydrogens (tertiary/aromatic N) is 1. The van der Waals surface area contributed by atoms with Crippen LogP contribution in [0.5, 0.6) is 0 Å². The van der Waals surface area contributed by atoms with Crippen molar-refractivity contribution in [3.63, 3.8) is 0 Å². The van der Waals surface area contributed by atoms with Gasteiger partial charge in [-0.15, -0.1) is 0 Å². The fourth-order valence-electron chi connectivity index (χ4n) is 1.46. The molecule has 6 heteroatoms. The molecule has 0 saturated heterocycles. The van der Waals surface area contributed by atoms with Gasteiger partial charge in [-0.05, 0) is 24.3 Å². The van der Waals surface area contributed by atoms with E-state index in [1.807, 2.05) is 0 Å². The van der Waals surface area contributed by atoms with Gasteiger partial charge in [0.1, 0.15) is 16.8 Å². The number of halogens is 3. The standard InChI is InChI=1S/C12H6ClF2NO2/c13-11-9(12(17)18)3-6(5-16-11)8-4-7(14)1-2-10(8)15/h1-5H,(H,17,18). The second-order valence-corrected chi connectivity index (χ2v) is 3.85. The minimum absolute atomic E-state index is 0.0679. The number of aromatic nitrogens is 1. The largest absolute Gasteiger partial charge is 0.478 e. The molecule has 3 nitrogen and oxygen atoms in total. The van der Waals surface area contributed by atoms with Crippen LogP contribution in [0.1, 0.15) is 10.4 Å². The lowest BCUT2D eigenvalue weighted by Crippen LogP contribution is -2.00. The van der Waals surface area contributed by atoms with Crippen molar-refractivity contribution in [2.45, 2.75) is 0 Å². The predicted octanol–water partition coefficient (Wildman–Crippen LogP) is 3.38. The van der Waals surface area contributed by atoms with Gasteiger partial charge in [0.25, 0.3) is 0 Å². The second-order valence-electron chi connectivity index (χ2n) is 3.49. The van der Waals surface area contributed by atoms with Crippen molar-refractivity contribution in [2.24, 2.45) is 0 Å². The van der Waals surface area contributed by atoms with Gasteiger partial charge >= 0.3 is 5.97 Å². The predicted molar refractivity (Wildman–Crippen MR) is 61.6 cm³/mol. The van der Waals surface area contributed by atoms with Crippen molar-refractivity contribution < 1.29 is 18.7 Å². The number of aromatic carboxylic acids is 1. The summed E-state index contributed by atoms with van der Waals surface area (Å²) < 4.78 is 26.6. The molecule has 0 aliphatic heterocycles. The van der Waals surface area contributed by atoms with Gasteiger partial charge in [0.2, 0.25) is 0 Å². The Kier molecular flexibility index (Phi) is 3.25. The van der Waals surface area contributed by atoms with Crippen molar-refractivity contribution in [3.8, 4) is 11.1 Å². The zero-order valence-electron chi connectivity index (χ0n) is 8.82. The molecule has 0 atom stereocenters. The van der Waals surface area contributed by atoms with Crippen LogP contribution in [0.3, 0.4) is 0 Å². The number of pyridine rings is 1. The molecule has 1 N–H and O–H groups in total. The fourth-order valence-corrected chi connectivity index (χ4v) is 1.65. The van der Waals surface area contributed by atoms with Crippen LogP contribution in [0.15, 0.2) is 30.5 Å². The number of rotatable bonds is 2. The zero-order chi connectivity index (χ0) is 13.3. The number of carboxylic acid groups (broad SMARTS) is 1. The van der Waals surface area contributed by atoms with E-state index in [0.717, 1.165) is 24.3 Å². The number of hydrogen-bond acceptors (Lipinski definition) is 2. The normalized spacial score (nSPS) is 10.4. The number of hydrogen-bond donors (Lipinski definition) is 1. The summed E-state index contributed by atoms with van der Waals surface area (Å²) in [6.45, 7) is 0. The van der Waals surface area contributed by atoms with E-state index in [1.54, 1.807) is 0 Å². The fraction of sp³-hybridized carbons (Fsp3) is 0. The number of carbonyl (C=O) groups is 1. The van der Waals surface area contributed by atoms with Gasteiger partial charge in [-0.3, -0.25) is 0 Å². The highest BCUT2D eigenvalue weighted by atomic mass is 35.5. The first kappa shape index (κ1) is 12.4. The third-order valence-electron chi connectivity index (χ3n) is 2.31. The van der Waals surface area contributed by atoms with Crippen LogP contribution >= 0.6 is 11.6 Å². The molecular weight excluding hydrogens is 264 g/mol. The monoisotopic (exact) mass is 269 g/mol. The molecule has 0 saturated carbocycles. The highest BCUT2D eigenvalue weighted by Gasteiger charge is 2.14. The van der Waals surface area contributed by atoms with E-state index in [0.29, 0.717) is 0 Å². The van der Waals surface area contributed by atoms with Gasteiger partial charge in [0.05, 0.1) is 5.56 Å². The first-order valence-corrected chi connectivity index (χ1v) is 5.21. The lowest BCUT2D eigenvalue weighted by Gasteiger charge is -2.05. The van der Waals surface area contributed by atoms with Gasteiger partial charge in [-0.1, -0.05) is 11.6 Å². The quantitative estimate of drug-likeness (QED) is 0.850. The Bertz CT molecular complexity index is 631. The summed E-state index contributed by atoms with van der Waals surface area (Å²) >= 11 is 5.59. The maximum absolute atomic E-state index is 13.5. The third-order valence-corrected chi connectivity index (χ3v) is 2.61. The van der Waals surface area contributed by atoms with Crippen molar-refractivity contribution in [3.05, 3.63) is 52.8 Å². The van der Waals surface area contributed by atoms with Crippen molar-refractivity contribution in [1.82, 2.24) is 4.98 Å². The van der Waals surface area contributed by atoms with Crippen LogP contribution in [0.4, 0.5) is 8.78 Å². The molecule has 1 aromatic carbocycles. The molecule has 0 amide bonds. The maximum atomic E-state index is 13.5. The van der Waals surface area contributed by atoms with Crippen LogP contribution in [-0.4, -0.2) is 16.1 Å². The zero-order valence-corrected chi connectivity index (χ0v) is 9.58. The van der Waals surface area contributed by atoms with Crippen LogP contribution in [0.25, 0.3) is 11.1 Å². The van der Waals surface area contributed by atoms with E-state index >= 15 is 0 Å². The van der Waals surface area contributed by atoms with Crippen LogP contribution in [0, 0.1) is 11.6 Å². The van der Waals surface area contributed by atoms with Crippen molar-refractivity contribution in [1.29, 1.82) is 0 Å². The SMILES string of the molecule is O=C(O)c1cc(-c2cc(F)ccc2F)cnc1Cl. The summed E-state index contributed by atoms with van der Waals surface area (Å²) in [5.74, 6) is -2.58. The third kappa shape index (κ3) is 2.31. The smallest absolute Gasteiger partial charge is 0.338 e. The molecule has 0 aliphatic carbocycles. The Morgan fingerprint density at radius 3 is 2.67 bits per heavy atom. The van der Waals surface area contributed by atoms with Gasteiger partial charge in [-0.25, -0.2) is 18.6 Å². The molecule has 0 spiro atoms. The molecule has 92 valence electrons. The molecule has 1 heterocycles. The summed E-state index contributed by atoms with van der Waals surface area (Å²) in [6.07, 6.45) is 1.19. The molecule has 1 aromatic heterocycles. The summed E-state index contributed by atoms with van der Waals surface area (Å²) in [6, 6.07) is 4.04. The summed E-state index contributed by atoms with van der Waals surface area (Å²) in [7, 11) is 0. The molecule has 0 bridgehead atoms. The topological polar surface area (TPSA) is 50.2 Å². The van der Waals surface area contributed by atoms with E-state index in [4.69, 9.17) is 16.7 Å². The van der Waals surface area contributed by atoms with Gasteiger partial charge < -0.3 is 5.11 Å². The van der Waals surface area contributed by atoms with E-state index in [9.17, 15) is 13.6 Å². The van der Waals surface area contributed by atoms with Crippen molar-refractivity contribution in [2.75, 3.05) is 0 Å². The molecule has 0 fully saturated rings. The first-order chi connectivity index (χ1) is 8.49. The molecular formula is C12H6ClF2NO2. The van der Waals surface area contributed by atoms with E-state index in [2.05, 4.69) is 4.98 Å². The van der Waals surface area contributed by atoms with Crippen LogP contribution in [0.2, 0.25) is 5.15 Å². The Morgan fingerprint density at radius 2 is 2.00 bits per heavy atom. The summed E-state index contributed by atoms with van der Waals surface area (Å²) in [5, 5.41) is 8.66. The summed E-state index contributed by atoms with van der Waals surface area (Å²) in [4.78, 5) is 14.5. The minimum Gasteiger partial charge on any atom is -0.478 e. The van der Waals surface area contributed by atoms with Crippen molar-refractivity contribution >= 4 is 17.6 Å². The Labute approximate surface area is 106 Å². The molecule has 0 aliphatic rings. The lowest BCUT2D eigenvalue weighted by atomic mass is 10.1. The number of benzene rings is 1. The van der Waals surface area contributed by atoms with Gasteiger partial charge in [-0.2, -0.15) is 0 Å². The highest BCUT2D eigenvalue weighted by molar-refractivity contribution is 6.32. The maximum Gasteiger partial charge on any atom is 0.338 e. The second kappa shape index (κ2) is 4.70. The van der Waals surface area contributed by atoms with Crippen LogP contribution < -0.4 is 0 Å². The molecule has 0 radical (unpaired) electrons. The molecule has 2 aromatic rings. The first-order valence-electron chi connectivity index (χ1n) is 4.83. The van der Waals surface area contributed by atoms with Gasteiger partial charge in [0.15, 0.2) is 0 Å². The minimum atomic E-state index is -1.29. The van der Waals surface area contributed by atoms with E-state index < -0.39 is 17.6 Å². The van der Waals surface area contributed by atoms with E-state index in [-0.39, 0.29) is 21.8 Å². The lowest BCUT2D eigenvalue weighted by molar-refractivity contribution is 0.0696. The van der Waals surface area contributed by atoms with Crippen LogP contribution in [-0.2, 0) is 0 Å². The molecule has 18 heavy (non-hydrogen) atoms. The average molecular weight is 270 g/mol. The molecule has 0 unspecified atom stereocenters. The average Bonchev–Trinajstić information content (AvgIpc) is 2.33. The Hall–Kier alpha value is -2.01. The van der Waals surface area contributed by atoms with E-state index in [1.165, 1.54) is 6.20 Å². The number of carboxylic acids is 1. The summed E-state index contributed by atoms with van der Waals surface area (Å²) in [5.41, 5.74) is -0.187. The molecule has 2 rings (SSSR count). The van der Waals surface area contributed by atoms with Gasteiger partial charge in [0, 0.05) is 17.3 Å².